The summed E-state index contributed by atoms with van der Waals surface area (Å²) in [5.41, 5.74) is 6.15. The topological polar surface area (TPSA) is 55.6 Å². The molecule has 1 aliphatic carbocycles. The monoisotopic (exact) mass is 292 g/mol. The van der Waals surface area contributed by atoms with E-state index in [0.29, 0.717) is 25.1 Å². The first-order chi connectivity index (χ1) is 10.2. The summed E-state index contributed by atoms with van der Waals surface area (Å²) in [6, 6.07) is 6.86. The lowest BCUT2D eigenvalue weighted by Crippen LogP contribution is -2.40. The fourth-order valence-corrected chi connectivity index (χ4v) is 2.83. The fraction of sp³-hybridized carbons (Fsp3) is 0.562. The molecule has 114 valence electrons. The molecule has 2 atom stereocenters. The Morgan fingerprint density at radius 1 is 1.29 bits per heavy atom. The van der Waals surface area contributed by atoms with Crippen LogP contribution in [0.1, 0.15) is 31.2 Å². The quantitative estimate of drug-likeness (QED) is 0.900. The van der Waals surface area contributed by atoms with Crippen LogP contribution in [0.3, 0.4) is 0 Å². The van der Waals surface area contributed by atoms with Gasteiger partial charge in [0.15, 0.2) is 0 Å². The molecular weight excluding hydrogens is 271 g/mol. The van der Waals surface area contributed by atoms with Crippen molar-refractivity contribution in [3.63, 3.8) is 0 Å². The van der Waals surface area contributed by atoms with Crippen molar-refractivity contribution in [2.24, 2.45) is 5.73 Å². The van der Waals surface area contributed by atoms with E-state index in [-0.39, 0.29) is 23.9 Å². The molecule has 0 aromatic heterocycles. The van der Waals surface area contributed by atoms with Gasteiger partial charge in [-0.2, -0.15) is 0 Å². The molecule has 0 bridgehead atoms. The average molecular weight is 292 g/mol. The minimum atomic E-state index is -0.411. The Bertz CT molecular complexity index is 519. The molecule has 2 N–H and O–H groups in total. The molecule has 1 aliphatic heterocycles. The molecule has 4 nitrogen and oxygen atoms in total. The minimum Gasteiger partial charge on any atom is -0.364 e. The van der Waals surface area contributed by atoms with Crippen molar-refractivity contribution in [2.45, 2.75) is 50.5 Å². The maximum absolute atomic E-state index is 13.8. The van der Waals surface area contributed by atoms with E-state index in [2.05, 4.69) is 0 Å². The SMILES string of the molecule is NC[C@H]1CC[C@@H](C(=O)N(Cc2ccccc2F)C2CC2)O1. The van der Waals surface area contributed by atoms with Crippen LogP contribution in [0.15, 0.2) is 24.3 Å². The highest BCUT2D eigenvalue weighted by Crippen LogP contribution is 2.31. The molecular formula is C16H21FN2O2. The van der Waals surface area contributed by atoms with Crippen molar-refractivity contribution in [3.05, 3.63) is 35.6 Å². The van der Waals surface area contributed by atoms with Crippen LogP contribution < -0.4 is 5.73 Å². The molecule has 1 heterocycles. The second-order valence-corrected chi connectivity index (χ2v) is 5.85. The third kappa shape index (κ3) is 3.24. The summed E-state index contributed by atoms with van der Waals surface area (Å²) in [7, 11) is 0. The number of ether oxygens (including phenoxy) is 1. The Balaban J connectivity index is 1.70. The average Bonchev–Trinajstić information content (AvgIpc) is 3.22. The summed E-state index contributed by atoms with van der Waals surface area (Å²) >= 11 is 0. The van der Waals surface area contributed by atoms with Crippen molar-refractivity contribution in [3.8, 4) is 0 Å². The van der Waals surface area contributed by atoms with Gasteiger partial charge in [0, 0.05) is 24.7 Å². The molecule has 0 spiro atoms. The van der Waals surface area contributed by atoms with Gasteiger partial charge in [0.2, 0.25) is 0 Å². The zero-order valence-electron chi connectivity index (χ0n) is 12.0. The molecule has 0 unspecified atom stereocenters. The van der Waals surface area contributed by atoms with Gasteiger partial charge in [-0.3, -0.25) is 4.79 Å². The number of nitrogens with zero attached hydrogens (tertiary/aromatic N) is 1. The van der Waals surface area contributed by atoms with E-state index in [4.69, 9.17) is 10.5 Å². The summed E-state index contributed by atoms with van der Waals surface area (Å²) in [6.07, 6.45) is 3.09. The molecule has 2 aliphatic rings. The maximum Gasteiger partial charge on any atom is 0.252 e. The van der Waals surface area contributed by atoms with Gasteiger partial charge >= 0.3 is 0 Å². The van der Waals surface area contributed by atoms with Crippen LogP contribution in [0, 0.1) is 5.82 Å². The van der Waals surface area contributed by atoms with Gasteiger partial charge in [0.25, 0.3) is 5.91 Å². The van der Waals surface area contributed by atoms with Crippen LogP contribution in [0.4, 0.5) is 4.39 Å². The molecule has 1 aromatic carbocycles. The fourth-order valence-electron chi connectivity index (χ4n) is 2.83. The van der Waals surface area contributed by atoms with Gasteiger partial charge in [0.1, 0.15) is 11.9 Å². The van der Waals surface area contributed by atoms with Crippen LogP contribution >= 0.6 is 0 Å². The highest BCUT2D eigenvalue weighted by atomic mass is 19.1. The molecule has 0 radical (unpaired) electrons. The first-order valence-corrected chi connectivity index (χ1v) is 7.58. The molecule has 3 rings (SSSR count). The van der Waals surface area contributed by atoms with Gasteiger partial charge in [-0.25, -0.2) is 4.39 Å². The van der Waals surface area contributed by atoms with Crippen molar-refractivity contribution >= 4 is 5.91 Å². The second kappa shape index (κ2) is 6.12. The second-order valence-electron chi connectivity index (χ2n) is 5.85. The lowest BCUT2D eigenvalue weighted by molar-refractivity contribution is -0.144. The van der Waals surface area contributed by atoms with Gasteiger partial charge in [-0.1, -0.05) is 18.2 Å². The van der Waals surface area contributed by atoms with Crippen LogP contribution in [-0.4, -0.2) is 35.6 Å². The Kier molecular flexibility index (Phi) is 4.22. The Labute approximate surface area is 124 Å². The van der Waals surface area contributed by atoms with Crippen molar-refractivity contribution in [2.75, 3.05) is 6.54 Å². The number of hydrogen-bond acceptors (Lipinski definition) is 3. The molecule has 2 fully saturated rings. The number of benzene rings is 1. The number of carbonyl (C=O) groups excluding carboxylic acids is 1. The number of halogens is 1. The van der Waals surface area contributed by atoms with Crippen molar-refractivity contribution in [1.82, 2.24) is 4.90 Å². The first-order valence-electron chi connectivity index (χ1n) is 7.58. The van der Waals surface area contributed by atoms with E-state index in [1.807, 2.05) is 0 Å². The third-order valence-corrected chi connectivity index (χ3v) is 4.22. The lowest BCUT2D eigenvalue weighted by atomic mass is 10.1. The van der Waals surface area contributed by atoms with Crippen molar-refractivity contribution in [1.29, 1.82) is 0 Å². The zero-order chi connectivity index (χ0) is 14.8. The standard InChI is InChI=1S/C16H21FN2O2/c17-14-4-2-1-3-11(14)10-19(12-5-6-12)16(20)15-8-7-13(9-18)21-15/h1-4,12-13,15H,5-10,18H2/t13-,15+/m1/s1. The lowest BCUT2D eigenvalue weighted by Gasteiger charge is -2.26. The summed E-state index contributed by atoms with van der Waals surface area (Å²) < 4.78 is 19.5. The molecule has 1 saturated carbocycles. The number of nitrogens with two attached hydrogens (primary N) is 1. The Hall–Kier alpha value is -1.46. The normalized spacial score (nSPS) is 25.0. The van der Waals surface area contributed by atoms with E-state index >= 15 is 0 Å². The summed E-state index contributed by atoms with van der Waals surface area (Å²) in [6.45, 7) is 0.768. The zero-order valence-corrected chi connectivity index (χ0v) is 12.0. The number of rotatable bonds is 5. The minimum absolute atomic E-state index is 0.0169. The number of carbonyl (C=O) groups is 1. The highest BCUT2D eigenvalue weighted by Gasteiger charge is 2.39. The smallest absolute Gasteiger partial charge is 0.252 e. The van der Waals surface area contributed by atoms with E-state index in [9.17, 15) is 9.18 Å². The summed E-state index contributed by atoms with van der Waals surface area (Å²) in [4.78, 5) is 14.4. The van der Waals surface area contributed by atoms with Gasteiger partial charge < -0.3 is 15.4 Å². The first kappa shape index (κ1) is 14.5. The number of hydrogen-bond donors (Lipinski definition) is 1. The van der Waals surface area contributed by atoms with Crippen molar-refractivity contribution < 1.29 is 13.9 Å². The largest absolute Gasteiger partial charge is 0.364 e. The van der Waals surface area contributed by atoms with E-state index < -0.39 is 6.10 Å². The van der Waals surface area contributed by atoms with E-state index in [1.54, 1.807) is 23.1 Å². The number of amides is 1. The molecule has 1 amide bonds. The Morgan fingerprint density at radius 2 is 2.05 bits per heavy atom. The van der Waals surface area contributed by atoms with Crippen LogP contribution in [-0.2, 0) is 16.1 Å². The maximum atomic E-state index is 13.8. The predicted octanol–water partition coefficient (Wildman–Crippen LogP) is 1.82. The van der Waals surface area contributed by atoms with E-state index in [1.165, 1.54) is 6.07 Å². The Morgan fingerprint density at radius 3 is 2.67 bits per heavy atom. The highest BCUT2D eigenvalue weighted by molar-refractivity contribution is 5.81. The van der Waals surface area contributed by atoms with Gasteiger partial charge in [-0.15, -0.1) is 0 Å². The van der Waals surface area contributed by atoms with Crippen LogP contribution in [0.25, 0.3) is 0 Å². The molecule has 5 heteroatoms. The van der Waals surface area contributed by atoms with E-state index in [0.717, 1.165) is 19.3 Å². The van der Waals surface area contributed by atoms with Gasteiger partial charge in [-0.05, 0) is 31.7 Å². The van der Waals surface area contributed by atoms with Crippen LogP contribution in [0.2, 0.25) is 0 Å². The van der Waals surface area contributed by atoms with Crippen LogP contribution in [0.5, 0.6) is 0 Å². The van der Waals surface area contributed by atoms with Gasteiger partial charge in [0.05, 0.1) is 6.10 Å². The molecule has 1 saturated heterocycles. The molecule has 1 aromatic rings. The third-order valence-electron chi connectivity index (χ3n) is 4.22. The predicted molar refractivity (Wildman–Crippen MR) is 76.9 cm³/mol. The molecule has 21 heavy (non-hydrogen) atoms. The summed E-state index contributed by atoms with van der Waals surface area (Å²) in [5, 5.41) is 0. The summed E-state index contributed by atoms with van der Waals surface area (Å²) in [5.74, 6) is -0.278.